The summed E-state index contributed by atoms with van der Waals surface area (Å²) in [5.41, 5.74) is 1.58. The van der Waals surface area contributed by atoms with Crippen molar-refractivity contribution in [3.8, 4) is 5.75 Å². The normalized spacial score (nSPS) is 18.7. The lowest BCUT2D eigenvalue weighted by atomic mass is 9.95. The van der Waals surface area contributed by atoms with E-state index in [4.69, 9.17) is 4.74 Å². The number of benzene rings is 1. The van der Waals surface area contributed by atoms with Crippen molar-refractivity contribution < 1.29 is 4.74 Å². The van der Waals surface area contributed by atoms with Gasteiger partial charge in [0, 0.05) is 29.1 Å². The fourth-order valence-corrected chi connectivity index (χ4v) is 5.97. The molecule has 0 aliphatic heterocycles. The summed E-state index contributed by atoms with van der Waals surface area (Å²) in [6, 6.07) is 8.69. The first kappa shape index (κ1) is 23.0. The van der Waals surface area contributed by atoms with E-state index in [0.29, 0.717) is 18.6 Å². The van der Waals surface area contributed by atoms with Crippen molar-refractivity contribution in [3.05, 3.63) is 46.0 Å². The van der Waals surface area contributed by atoms with Gasteiger partial charge < -0.3 is 9.72 Å². The van der Waals surface area contributed by atoms with Gasteiger partial charge in [-0.05, 0) is 66.8 Å². The number of aromatic amines is 1. The lowest BCUT2D eigenvalue weighted by molar-refractivity contribution is 0.109. The molecule has 0 bridgehead atoms. The average molecular weight is 465 g/mol. The Morgan fingerprint density at radius 1 is 1.12 bits per heavy atom. The number of fused-ring (bicyclic) bond motifs is 1. The fraction of sp³-hybridized carbons (Fsp3) is 0.615. The van der Waals surface area contributed by atoms with E-state index in [1.165, 1.54) is 32.1 Å². The van der Waals surface area contributed by atoms with Crippen LogP contribution in [0.3, 0.4) is 0 Å². The lowest BCUT2D eigenvalue weighted by Gasteiger charge is -2.36. The summed E-state index contributed by atoms with van der Waals surface area (Å²) in [7, 11) is 1.66. The number of rotatable bonds is 8. The molecule has 2 fully saturated rings. The highest BCUT2D eigenvalue weighted by Crippen LogP contribution is 2.36. The van der Waals surface area contributed by atoms with Crippen molar-refractivity contribution in [2.45, 2.75) is 95.8 Å². The minimum Gasteiger partial charge on any atom is -0.497 e. The maximum Gasteiger partial charge on any atom is 0.252 e. The number of pyridine rings is 1. The highest BCUT2D eigenvalue weighted by atomic mass is 16.5. The van der Waals surface area contributed by atoms with Crippen LogP contribution in [-0.4, -0.2) is 43.2 Å². The second-order valence-corrected chi connectivity index (χ2v) is 9.89. The predicted octanol–water partition coefficient (Wildman–Crippen LogP) is 4.92. The van der Waals surface area contributed by atoms with E-state index in [0.717, 1.165) is 60.1 Å². The maximum absolute atomic E-state index is 13.1. The van der Waals surface area contributed by atoms with Crippen LogP contribution in [0, 0.1) is 0 Å². The molecule has 8 nitrogen and oxygen atoms in total. The summed E-state index contributed by atoms with van der Waals surface area (Å²) in [5, 5.41) is 14.1. The van der Waals surface area contributed by atoms with Crippen molar-refractivity contribution >= 4 is 10.9 Å². The quantitative estimate of drug-likeness (QED) is 0.509. The van der Waals surface area contributed by atoms with Gasteiger partial charge >= 0.3 is 0 Å². The van der Waals surface area contributed by atoms with Crippen LogP contribution in [0.1, 0.15) is 94.6 Å². The second-order valence-electron chi connectivity index (χ2n) is 9.89. The number of nitrogens with zero attached hydrogens (tertiary/aromatic N) is 5. The van der Waals surface area contributed by atoms with Crippen LogP contribution in [0.5, 0.6) is 5.75 Å². The minimum absolute atomic E-state index is 0.0256. The van der Waals surface area contributed by atoms with Crippen LogP contribution < -0.4 is 10.3 Å². The molecule has 2 heterocycles. The number of tetrazole rings is 1. The van der Waals surface area contributed by atoms with Gasteiger partial charge in [-0.15, -0.1) is 5.10 Å². The van der Waals surface area contributed by atoms with E-state index >= 15 is 0 Å². The van der Waals surface area contributed by atoms with Gasteiger partial charge in [-0.1, -0.05) is 39.0 Å². The Labute approximate surface area is 200 Å². The number of H-pyrrole nitrogens is 1. The van der Waals surface area contributed by atoms with Crippen molar-refractivity contribution in [1.82, 2.24) is 30.1 Å². The molecule has 3 aromatic rings. The van der Waals surface area contributed by atoms with Gasteiger partial charge in [-0.25, -0.2) is 4.68 Å². The van der Waals surface area contributed by atoms with Crippen LogP contribution in [0.2, 0.25) is 0 Å². The monoisotopic (exact) mass is 464 g/mol. The van der Waals surface area contributed by atoms with Crippen molar-refractivity contribution in [3.63, 3.8) is 0 Å². The van der Waals surface area contributed by atoms with Gasteiger partial charge in [0.05, 0.1) is 19.2 Å². The van der Waals surface area contributed by atoms with E-state index < -0.39 is 0 Å². The van der Waals surface area contributed by atoms with Crippen LogP contribution in [0.25, 0.3) is 10.9 Å². The van der Waals surface area contributed by atoms with Gasteiger partial charge in [0.15, 0.2) is 5.82 Å². The average Bonchev–Trinajstić information content (AvgIpc) is 3.57. The molecule has 2 saturated carbocycles. The highest BCUT2D eigenvalue weighted by Gasteiger charge is 2.34. The zero-order chi connectivity index (χ0) is 23.5. The first-order valence-electron chi connectivity index (χ1n) is 12.9. The number of nitrogens with one attached hydrogen (secondary N) is 1. The summed E-state index contributed by atoms with van der Waals surface area (Å²) in [6.45, 7) is 2.80. The molecule has 0 radical (unpaired) electrons. The molecule has 0 saturated heterocycles. The third-order valence-corrected chi connectivity index (χ3v) is 7.80. The Hall–Kier alpha value is -2.74. The fourth-order valence-electron chi connectivity index (χ4n) is 5.97. The highest BCUT2D eigenvalue weighted by molar-refractivity contribution is 5.80. The van der Waals surface area contributed by atoms with E-state index in [2.05, 4.69) is 37.0 Å². The van der Waals surface area contributed by atoms with E-state index in [1.54, 1.807) is 7.11 Å². The largest absolute Gasteiger partial charge is 0.497 e. The summed E-state index contributed by atoms with van der Waals surface area (Å²) in [5.74, 6) is 1.75. The molecule has 2 aliphatic carbocycles. The minimum atomic E-state index is -0.0256. The number of hydrogen-bond donors (Lipinski definition) is 1. The molecule has 8 heteroatoms. The van der Waals surface area contributed by atoms with Crippen LogP contribution in [0.15, 0.2) is 29.1 Å². The van der Waals surface area contributed by atoms with Crippen molar-refractivity contribution in [2.75, 3.05) is 7.11 Å². The molecule has 182 valence electrons. The lowest BCUT2D eigenvalue weighted by Crippen LogP contribution is -2.39. The summed E-state index contributed by atoms with van der Waals surface area (Å²) in [4.78, 5) is 18.7. The molecular weight excluding hydrogens is 428 g/mol. The molecule has 1 aromatic carbocycles. The number of hydrogen-bond acceptors (Lipinski definition) is 6. The van der Waals surface area contributed by atoms with Crippen LogP contribution >= 0.6 is 0 Å². The van der Waals surface area contributed by atoms with Gasteiger partial charge in [0.2, 0.25) is 0 Å². The van der Waals surface area contributed by atoms with Crippen molar-refractivity contribution in [1.29, 1.82) is 0 Å². The SMILES string of the molecule is CC[C@@H](c1nnnn1C1CCCCC1)N(Cc1cc2cc(OC)ccc2[nH]c1=O)C1CCCC1. The number of ether oxygens (including phenoxy) is 1. The Morgan fingerprint density at radius 3 is 2.62 bits per heavy atom. The maximum atomic E-state index is 13.1. The zero-order valence-corrected chi connectivity index (χ0v) is 20.4. The Bertz CT molecular complexity index is 1160. The Kier molecular flexibility index (Phi) is 6.94. The number of methoxy groups -OCH3 is 1. The van der Waals surface area contributed by atoms with E-state index in [1.807, 2.05) is 24.3 Å². The Morgan fingerprint density at radius 2 is 1.88 bits per heavy atom. The van der Waals surface area contributed by atoms with Crippen LogP contribution in [-0.2, 0) is 6.54 Å². The summed E-state index contributed by atoms with van der Waals surface area (Å²) < 4.78 is 7.50. The molecule has 2 aromatic heterocycles. The molecule has 2 aliphatic rings. The standard InChI is InChI=1S/C26H36N6O2/c1-3-24(25-28-29-30-32(25)21-11-5-4-6-12-21)31(20-9-7-8-10-20)17-19-15-18-16-22(34-2)13-14-23(18)27-26(19)33/h13-16,20-21,24H,3-12,17H2,1-2H3,(H,27,33)/t24-/m0/s1. The second kappa shape index (κ2) is 10.3. The van der Waals surface area contributed by atoms with E-state index in [-0.39, 0.29) is 11.6 Å². The first-order valence-corrected chi connectivity index (χ1v) is 12.9. The first-order chi connectivity index (χ1) is 16.7. The smallest absolute Gasteiger partial charge is 0.252 e. The van der Waals surface area contributed by atoms with Gasteiger partial charge in [-0.3, -0.25) is 9.69 Å². The van der Waals surface area contributed by atoms with Gasteiger partial charge in [-0.2, -0.15) is 0 Å². The molecule has 1 atom stereocenters. The molecule has 0 spiro atoms. The summed E-state index contributed by atoms with van der Waals surface area (Å²) in [6.07, 6.45) is 11.7. The zero-order valence-electron chi connectivity index (χ0n) is 20.4. The Balaban J connectivity index is 1.50. The third-order valence-electron chi connectivity index (χ3n) is 7.80. The molecule has 34 heavy (non-hydrogen) atoms. The molecule has 5 rings (SSSR count). The molecule has 1 N–H and O–H groups in total. The molecular formula is C26H36N6O2. The van der Waals surface area contributed by atoms with E-state index in [9.17, 15) is 4.79 Å². The van der Waals surface area contributed by atoms with Gasteiger partial charge in [0.1, 0.15) is 5.75 Å². The molecule has 0 amide bonds. The van der Waals surface area contributed by atoms with Crippen molar-refractivity contribution in [2.24, 2.45) is 0 Å². The number of aromatic nitrogens is 5. The molecule has 0 unspecified atom stereocenters. The van der Waals surface area contributed by atoms with Crippen LogP contribution in [0.4, 0.5) is 0 Å². The topological polar surface area (TPSA) is 88.9 Å². The van der Waals surface area contributed by atoms with Gasteiger partial charge in [0.25, 0.3) is 5.56 Å². The predicted molar refractivity (Wildman–Crippen MR) is 132 cm³/mol. The third kappa shape index (κ3) is 4.60. The summed E-state index contributed by atoms with van der Waals surface area (Å²) >= 11 is 0.